The van der Waals surface area contributed by atoms with E-state index in [-0.39, 0.29) is 18.1 Å². The third kappa shape index (κ3) is 4.07. The van der Waals surface area contributed by atoms with Gasteiger partial charge in [-0.15, -0.1) is 11.3 Å². The molecule has 0 aliphatic rings. The molecule has 0 spiro atoms. The number of carbonyl (C=O) groups excluding carboxylic acids is 1. The summed E-state index contributed by atoms with van der Waals surface area (Å²) in [6.45, 7) is 0.0394. The van der Waals surface area contributed by atoms with Gasteiger partial charge in [-0.25, -0.2) is 9.37 Å². The molecule has 2 N–H and O–H groups in total. The molecule has 0 saturated carbocycles. The van der Waals surface area contributed by atoms with E-state index in [0.29, 0.717) is 21.9 Å². The monoisotopic (exact) mass is 372 g/mol. The SMILES string of the molecule is COc1ccc(C(O)CNC(=O)c2csc(-c3ccccc3F)n2)cc1. The lowest BCUT2D eigenvalue weighted by molar-refractivity contribution is 0.0912. The van der Waals surface area contributed by atoms with Crippen molar-refractivity contribution >= 4 is 17.2 Å². The summed E-state index contributed by atoms with van der Waals surface area (Å²) in [5.74, 6) is -0.117. The third-order valence-electron chi connectivity index (χ3n) is 3.80. The number of hydrogen-bond acceptors (Lipinski definition) is 5. The van der Waals surface area contributed by atoms with Gasteiger partial charge in [0.25, 0.3) is 5.91 Å². The Morgan fingerprint density at radius 2 is 2.00 bits per heavy atom. The van der Waals surface area contributed by atoms with Gasteiger partial charge in [0.05, 0.1) is 13.2 Å². The number of halogens is 1. The summed E-state index contributed by atoms with van der Waals surface area (Å²) in [7, 11) is 1.56. The van der Waals surface area contributed by atoms with Crippen molar-refractivity contribution in [2.75, 3.05) is 13.7 Å². The van der Waals surface area contributed by atoms with Crippen LogP contribution in [0.2, 0.25) is 0 Å². The summed E-state index contributed by atoms with van der Waals surface area (Å²) in [6.07, 6.45) is -0.852. The third-order valence-corrected chi connectivity index (χ3v) is 4.67. The van der Waals surface area contributed by atoms with Gasteiger partial charge >= 0.3 is 0 Å². The molecule has 1 atom stereocenters. The Labute approximate surface area is 154 Å². The minimum atomic E-state index is -0.852. The van der Waals surface area contributed by atoms with Crippen molar-refractivity contribution in [2.24, 2.45) is 0 Å². The van der Waals surface area contributed by atoms with Crippen LogP contribution in [0.4, 0.5) is 4.39 Å². The molecule has 2 aromatic carbocycles. The van der Waals surface area contributed by atoms with E-state index in [1.54, 1.807) is 55.0 Å². The van der Waals surface area contributed by atoms with Gasteiger partial charge in [0, 0.05) is 17.5 Å². The van der Waals surface area contributed by atoms with E-state index < -0.39 is 12.0 Å². The molecule has 1 unspecified atom stereocenters. The van der Waals surface area contributed by atoms with Crippen molar-refractivity contribution in [3.8, 4) is 16.3 Å². The second-order valence-electron chi connectivity index (χ2n) is 5.52. The molecule has 1 heterocycles. The van der Waals surface area contributed by atoms with E-state index in [0.717, 1.165) is 0 Å². The molecule has 5 nitrogen and oxygen atoms in total. The van der Waals surface area contributed by atoms with Crippen molar-refractivity contribution in [3.05, 3.63) is 71.0 Å². The Morgan fingerprint density at radius 1 is 1.27 bits per heavy atom. The highest BCUT2D eigenvalue weighted by Crippen LogP contribution is 2.26. The average molecular weight is 372 g/mol. The van der Waals surface area contributed by atoms with Gasteiger partial charge in [-0.05, 0) is 29.8 Å². The summed E-state index contributed by atoms with van der Waals surface area (Å²) in [4.78, 5) is 16.4. The lowest BCUT2D eigenvalue weighted by Crippen LogP contribution is -2.28. The Balaban J connectivity index is 1.62. The zero-order valence-electron chi connectivity index (χ0n) is 14.0. The summed E-state index contributed by atoms with van der Waals surface area (Å²) in [5.41, 5.74) is 1.21. The number of ether oxygens (including phenoxy) is 1. The Morgan fingerprint density at radius 3 is 2.69 bits per heavy atom. The van der Waals surface area contributed by atoms with Crippen molar-refractivity contribution in [1.82, 2.24) is 10.3 Å². The van der Waals surface area contributed by atoms with Crippen LogP contribution in [-0.2, 0) is 0 Å². The first kappa shape index (κ1) is 18.0. The molecule has 7 heteroatoms. The van der Waals surface area contributed by atoms with E-state index in [4.69, 9.17) is 4.74 Å². The number of aliphatic hydroxyl groups excluding tert-OH is 1. The summed E-state index contributed by atoms with van der Waals surface area (Å²) < 4.78 is 18.9. The second kappa shape index (κ2) is 8.07. The first-order valence-corrected chi connectivity index (χ1v) is 8.77. The number of carbonyl (C=O) groups is 1. The largest absolute Gasteiger partial charge is 0.497 e. The van der Waals surface area contributed by atoms with E-state index >= 15 is 0 Å². The number of nitrogens with zero attached hydrogens (tertiary/aromatic N) is 1. The number of amides is 1. The predicted molar refractivity (Wildman–Crippen MR) is 97.8 cm³/mol. The highest BCUT2D eigenvalue weighted by molar-refractivity contribution is 7.13. The van der Waals surface area contributed by atoms with Crippen molar-refractivity contribution in [3.63, 3.8) is 0 Å². The maximum atomic E-state index is 13.8. The molecule has 0 aliphatic carbocycles. The molecule has 0 radical (unpaired) electrons. The highest BCUT2D eigenvalue weighted by Gasteiger charge is 2.15. The lowest BCUT2D eigenvalue weighted by Gasteiger charge is -2.12. The van der Waals surface area contributed by atoms with Crippen molar-refractivity contribution < 1.29 is 19.0 Å². The number of benzene rings is 2. The molecular formula is C19H17FN2O3S. The van der Waals surface area contributed by atoms with Gasteiger partial charge in [-0.1, -0.05) is 24.3 Å². The smallest absolute Gasteiger partial charge is 0.270 e. The van der Waals surface area contributed by atoms with Crippen LogP contribution < -0.4 is 10.1 Å². The Hall–Kier alpha value is -2.77. The molecule has 0 fully saturated rings. The quantitative estimate of drug-likeness (QED) is 0.696. The van der Waals surface area contributed by atoms with Crippen LogP contribution in [0, 0.1) is 5.82 Å². The molecule has 0 aliphatic heterocycles. The molecule has 134 valence electrons. The molecule has 0 bridgehead atoms. The van der Waals surface area contributed by atoms with E-state index in [1.165, 1.54) is 17.4 Å². The highest BCUT2D eigenvalue weighted by atomic mass is 32.1. The molecular weight excluding hydrogens is 355 g/mol. The Kier molecular flexibility index (Phi) is 5.60. The van der Waals surface area contributed by atoms with Crippen LogP contribution >= 0.6 is 11.3 Å². The minimum absolute atomic E-state index is 0.0394. The van der Waals surface area contributed by atoms with Gasteiger partial charge in [0.1, 0.15) is 22.3 Å². The van der Waals surface area contributed by atoms with Crippen LogP contribution in [0.1, 0.15) is 22.2 Å². The number of thiazole rings is 1. The van der Waals surface area contributed by atoms with Gasteiger partial charge < -0.3 is 15.2 Å². The number of hydrogen-bond donors (Lipinski definition) is 2. The topological polar surface area (TPSA) is 71.5 Å². The van der Waals surface area contributed by atoms with Crippen LogP contribution in [0.15, 0.2) is 53.9 Å². The fourth-order valence-electron chi connectivity index (χ4n) is 2.36. The first-order chi connectivity index (χ1) is 12.6. The summed E-state index contributed by atoms with van der Waals surface area (Å²) >= 11 is 1.19. The molecule has 26 heavy (non-hydrogen) atoms. The van der Waals surface area contributed by atoms with Gasteiger partial charge in [-0.2, -0.15) is 0 Å². The molecule has 3 aromatic rings. The van der Waals surface area contributed by atoms with Crippen LogP contribution in [-0.4, -0.2) is 29.7 Å². The normalized spacial score (nSPS) is 11.8. The standard InChI is InChI=1S/C19H17FN2O3S/c1-25-13-8-6-12(7-9-13)17(23)10-21-18(24)16-11-26-19(22-16)14-4-2-3-5-15(14)20/h2-9,11,17,23H,10H2,1H3,(H,21,24). The predicted octanol–water partition coefficient (Wildman–Crippen LogP) is 3.42. The summed E-state index contributed by atoms with van der Waals surface area (Å²) in [6, 6.07) is 13.2. The average Bonchev–Trinajstić information content (AvgIpc) is 3.16. The molecule has 1 amide bonds. The zero-order valence-corrected chi connectivity index (χ0v) is 14.8. The summed E-state index contributed by atoms with van der Waals surface area (Å²) in [5, 5.41) is 14.8. The lowest BCUT2D eigenvalue weighted by atomic mass is 10.1. The molecule has 1 aromatic heterocycles. The fraction of sp³-hybridized carbons (Fsp3) is 0.158. The van der Waals surface area contributed by atoms with E-state index in [2.05, 4.69) is 10.3 Å². The molecule has 0 saturated heterocycles. The minimum Gasteiger partial charge on any atom is -0.497 e. The van der Waals surface area contributed by atoms with Crippen LogP contribution in [0.3, 0.4) is 0 Å². The zero-order chi connectivity index (χ0) is 18.5. The maximum Gasteiger partial charge on any atom is 0.270 e. The van der Waals surface area contributed by atoms with Crippen molar-refractivity contribution in [2.45, 2.75) is 6.10 Å². The van der Waals surface area contributed by atoms with Crippen molar-refractivity contribution in [1.29, 1.82) is 0 Å². The van der Waals surface area contributed by atoms with Gasteiger partial charge in [-0.3, -0.25) is 4.79 Å². The number of aromatic nitrogens is 1. The first-order valence-electron chi connectivity index (χ1n) is 7.89. The maximum absolute atomic E-state index is 13.8. The van der Waals surface area contributed by atoms with Crippen LogP contribution in [0.25, 0.3) is 10.6 Å². The second-order valence-corrected chi connectivity index (χ2v) is 6.37. The van der Waals surface area contributed by atoms with Gasteiger partial charge in [0.2, 0.25) is 0 Å². The number of aliphatic hydroxyl groups is 1. The number of methoxy groups -OCH3 is 1. The fourth-order valence-corrected chi connectivity index (χ4v) is 3.19. The van der Waals surface area contributed by atoms with E-state index in [9.17, 15) is 14.3 Å². The number of nitrogens with one attached hydrogen (secondary N) is 1. The molecule has 3 rings (SSSR count). The Bertz CT molecular complexity index is 896. The van der Waals surface area contributed by atoms with E-state index in [1.807, 2.05) is 0 Å². The van der Waals surface area contributed by atoms with Gasteiger partial charge in [0.15, 0.2) is 0 Å². The van der Waals surface area contributed by atoms with Crippen LogP contribution in [0.5, 0.6) is 5.75 Å². The number of rotatable bonds is 6.